The number of para-hydroxylation sites is 1. The molecule has 2 rings (SSSR count). The molecule has 1 aromatic heterocycles. The van der Waals surface area contributed by atoms with Gasteiger partial charge in [-0.05, 0) is 18.6 Å². The van der Waals surface area contributed by atoms with Crippen molar-refractivity contribution in [3.05, 3.63) is 46.9 Å². The Morgan fingerprint density at radius 2 is 1.51 bits per heavy atom. The first-order valence-electron chi connectivity index (χ1n) is 14.8. The van der Waals surface area contributed by atoms with E-state index in [0.717, 1.165) is 18.4 Å². The van der Waals surface area contributed by atoms with E-state index in [1.54, 1.807) is 30.6 Å². The minimum Gasteiger partial charge on any atom is -0.598 e. The SMILES string of the molecule is CCCCCCCCCCCCCCCCOC[C@H](CO[P+]([O-])(O)Oc1ccccc1C[n+]1ccsc1)OC. The van der Waals surface area contributed by atoms with Crippen molar-refractivity contribution in [2.24, 2.45) is 0 Å². The molecule has 0 aliphatic rings. The van der Waals surface area contributed by atoms with E-state index in [2.05, 4.69) is 6.92 Å². The zero-order chi connectivity index (χ0) is 28.0. The van der Waals surface area contributed by atoms with Crippen LogP contribution in [0, 0.1) is 0 Å². The van der Waals surface area contributed by atoms with Gasteiger partial charge in [0.05, 0.1) is 17.6 Å². The molecule has 2 atom stereocenters. The summed E-state index contributed by atoms with van der Waals surface area (Å²) in [7, 11) is -2.77. The van der Waals surface area contributed by atoms with Crippen LogP contribution in [0.25, 0.3) is 0 Å². The number of phosphoric acid groups is 1. The van der Waals surface area contributed by atoms with E-state index in [4.69, 9.17) is 18.5 Å². The van der Waals surface area contributed by atoms with Crippen LogP contribution < -0.4 is 14.0 Å². The van der Waals surface area contributed by atoms with Crippen LogP contribution in [0.15, 0.2) is 41.4 Å². The largest absolute Gasteiger partial charge is 0.598 e. The molecule has 0 radical (unpaired) electrons. The number of rotatable bonds is 25. The number of thiazole rings is 1. The van der Waals surface area contributed by atoms with Crippen LogP contribution in [-0.4, -0.2) is 37.9 Å². The lowest BCUT2D eigenvalue weighted by molar-refractivity contribution is -0.683. The highest BCUT2D eigenvalue weighted by Gasteiger charge is 2.32. The number of aromatic nitrogens is 1. The number of methoxy groups -OCH3 is 1. The van der Waals surface area contributed by atoms with Crippen molar-refractivity contribution in [1.29, 1.82) is 0 Å². The summed E-state index contributed by atoms with van der Waals surface area (Å²) in [5, 5.41) is 1.97. The summed E-state index contributed by atoms with van der Waals surface area (Å²) in [5.74, 6) is 0.324. The number of phosphoric ester groups is 1. The van der Waals surface area contributed by atoms with Crippen LogP contribution in [0.1, 0.15) is 102 Å². The van der Waals surface area contributed by atoms with Crippen molar-refractivity contribution >= 4 is 19.5 Å². The normalized spacial score (nSPS) is 13.8. The van der Waals surface area contributed by atoms with Gasteiger partial charge in [-0.1, -0.05) is 114 Å². The fourth-order valence-electron chi connectivity index (χ4n) is 4.40. The van der Waals surface area contributed by atoms with Gasteiger partial charge < -0.3 is 14.4 Å². The quantitative estimate of drug-likeness (QED) is 0.0767. The van der Waals surface area contributed by atoms with E-state index in [9.17, 15) is 9.79 Å². The van der Waals surface area contributed by atoms with E-state index in [1.165, 1.54) is 77.0 Å². The van der Waals surface area contributed by atoms with Crippen molar-refractivity contribution in [3.63, 3.8) is 0 Å². The Hall–Kier alpha value is -1.12. The van der Waals surface area contributed by atoms with E-state index in [1.807, 2.05) is 33.8 Å². The number of unbranched alkanes of at least 4 members (excludes halogenated alkanes) is 13. The standard InChI is InChI=1S/C30H50NO6PS/c1-3-4-5-6-7-8-9-10-11-12-13-14-15-18-22-35-25-29(34-2)26-36-38(32,33)37-30-20-17-16-19-28(30)24-31-21-23-39-27-31/h16-17,19-21,23,27,29H,3-15,18,22,24-26H2,1-2H3/p+1/t29-/m1/s1. The minimum absolute atomic E-state index is 0.0928. The Bertz CT molecular complexity index is 839. The van der Waals surface area contributed by atoms with Crippen molar-refractivity contribution in [3.8, 4) is 5.75 Å². The molecule has 0 fully saturated rings. The smallest absolute Gasteiger partial charge is 0.426 e. The molecule has 222 valence electrons. The van der Waals surface area contributed by atoms with Crippen LogP contribution in [-0.2, 0) is 20.5 Å². The molecule has 1 heterocycles. The average molecular weight is 585 g/mol. The van der Waals surface area contributed by atoms with Gasteiger partial charge in [-0.15, -0.1) is 0 Å². The predicted octanol–water partition coefficient (Wildman–Crippen LogP) is 7.02. The Labute approximate surface area is 241 Å². The molecule has 1 unspecified atom stereocenters. The second-order valence-electron chi connectivity index (χ2n) is 10.2. The molecular weight excluding hydrogens is 533 g/mol. The van der Waals surface area contributed by atoms with Gasteiger partial charge in [-0.3, -0.25) is 4.52 Å². The van der Waals surface area contributed by atoms with E-state index < -0.39 is 14.3 Å². The molecular formula is C30H51NO6PS+. The van der Waals surface area contributed by atoms with Crippen molar-refractivity contribution in [2.45, 2.75) is 109 Å². The van der Waals surface area contributed by atoms with E-state index in [0.29, 0.717) is 25.5 Å². The van der Waals surface area contributed by atoms with E-state index in [-0.39, 0.29) is 6.61 Å². The van der Waals surface area contributed by atoms with Crippen LogP contribution in [0.5, 0.6) is 5.75 Å². The second kappa shape index (κ2) is 21.6. The molecule has 0 bridgehead atoms. The first-order chi connectivity index (χ1) is 19.0. The highest BCUT2D eigenvalue weighted by atomic mass is 32.1. The fourth-order valence-corrected chi connectivity index (χ4v) is 5.83. The Morgan fingerprint density at radius 1 is 0.897 bits per heavy atom. The first kappa shape index (κ1) is 34.1. The predicted molar refractivity (Wildman–Crippen MR) is 158 cm³/mol. The van der Waals surface area contributed by atoms with Gasteiger partial charge in [0, 0.05) is 13.7 Å². The highest BCUT2D eigenvalue weighted by molar-refractivity contribution is 7.53. The third-order valence-corrected chi connectivity index (χ3v) is 8.34. The molecule has 0 saturated heterocycles. The maximum atomic E-state index is 12.6. The zero-order valence-electron chi connectivity index (χ0n) is 24.1. The molecule has 7 nitrogen and oxygen atoms in total. The van der Waals surface area contributed by atoms with Crippen LogP contribution in [0.3, 0.4) is 0 Å². The van der Waals surface area contributed by atoms with Gasteiger partial charge in [0.15, 0.2) is 18.5 Å². The molecule has 39 heavy (non-hydrogen) atoms. The van der Waals surface area contributed by atoms with Crippen LogP contribution in [0.4, 0.5) is 0 Å². The van der Waals surface area contributed by atoms with Gasteiger partial charge in [0.2, 0.25) is 5.51 Å². The lowest BCUT2D eigenvalue weighted by atomic mass is 10.0. The van der Waals surface area contributed by atoms with Crippen molar-refractivity contribution < 1.29 is 32.9 Å². The average Bonchev–Trinajstić information content (AvgIpc) is 3.44. The molecule has 1 aromatic carbocycles. The number of hydrogen-bond acceptors (Lipinski definition) is 7. The molecule has 2 aromatic rings. The number of benzene rings is 1. The summed E-state index contributed by atoms with van der Waals surface area (Å²) >= 11 is 1.58. The van der Waals surface area contributed by atoms with Gasteiger partial charge in [0.1, 0.15) is 12.7 Å². The maximum absolute atomic E-state index is 12.6. The Balaban J connectivity index is 1.50. The van der Waals surface area contributed by atoms with Gasteiger partial charge >= 0.3 is 8.17 Å². The summed E-state index contributed by atoms with van der Waals surface area (Å²) in [6.07, 6.45) is 20.0. The second-order valence-corrected chi connectivity index (χ2v) is 12.3. The molecule has 0 aliphatic carbocycles. The van der Waals surface area contributed by atoms with Crippen LogP contribution in [0.2, 0.25) is 0 Å². The van der Waals surface area contributed by atoms with E-state index >= 15 is 0 Å². The zero-order valence-corrected chi connectivity index (χ0v) is 25.8. The Morgan fingerprint density at radius 3 is 2.10 bits per heavy atom. The molecule has 9 heteroatoms. The molecule has 1 N–H and O–H groups in total. The van der Waals surface area contributed by atoms with Gasteiger partial charge in [-0.2, -0.15) is 14.0 Å². The Kier molecular flexibility index (Phi) is 18.9. The number of nitrogens with zero attached hydrogens (tertiary/aromatic N) is 1. The highest BCUT2D eigenvalue weighted by Crippen LogP contribution is 2.48. The molecule has 0 amide bonds. The summed E-state index contributed by atoms with van der Waals surface area (Å²) in [5.41, 5.74) is 2.76. The van der Waals surface area contributed by atoms with Crippen molar-refractivity contribution in [1.82, 2.24) is 0 Å². The molecule has 0 saturated carbocycles. The minimum atomic E-state index is -4.32. The summed E-state index contributed by atoms with van der Waals surface area (Å²) in [6.45, 7) is 3.67. The molecule has 0 spiro atoms. The first-order valence-corrected chi connectivity index (χ1v) is 17.2. The number of ether oxygens (including phenoxy) is 2. The van der Waals surface area contributed by atoms with Crippen molar-refractivity contribution in [2.75, 3.05) is 26.9 Å². The third kappa shape index (κ3) is 16.7. The van der Waals surface area contributed by atoms with Crippen LogP contribution >= 0.6 is 19.5 Å². The summed E-state index contributed by atoms with van der Waals surface area (Å²) < 4.78 is 23.7. The lowest BCUT2D eigenvalue weighted by Crippen LogP contribution is -2.31. The topological polar surface area (TPSA) is 84.1 Å². The summed E-state index contributed by atoms with van der Waals surface area (Å²) in [6, 6.07) is 7.17. The van der Waals surface area contributed by atoms with Gasteiger partial charge in [0.25, 0.3) is 0 Å². The maximum Gasteiger partial charge on any atom is 0.426 e. The fraction of sp³-hybridized carbons (Fsp3) is 0.700. The lowest BCUT2D eigenvalue weighted by Gasteiger charge is -2.23. The molecule has 0 aliphatic heterocycles. The summed E-state index contributed by atoms with van der Waals surface area (Å²) in [4.78, 5) is 22.9. The van der Waals surface area contributed by atoms with Gasteiger partial charge in [-0.25, -0.2) is 0 Å². The number of hydrogen-bond donors (Lipinski definition) is 1. The third-order valence-electron chi connectivity index (χ3n) is 6.77. The monoisotopic (exact) mass is 584 g/mol.